The molecule has 0 aromatic heterocycles. The number of hydrogen-bond acceptors (Lipinski definition) is 4. The van der Waals surface area contributed by atoms with Gasteiger partial charge in [0.15, 0.2) is 0 Å². The predicted molar refractivity (Wildman–Crippen MR) is 113 cm³/mol. The first kappa shape index (κ1) is 20.6. The minimum absolute atomic E-state index is 0.0782. The Morgan fingerprint density at radius 1 is 1.17 bits per heavy atom. The lowest BCUT2D eigenvalue weighted by Gasteiger charge is -2.10. The second-order valence-corrected chi connectivity index (χ2v) is 6.55. The number of benzene rings is 3. The Hall–Kier alpha value is -4.11. The molecule has 0 atom stereocenters. The van der Waals surface area contributed by atoms with Crippen molar-refractivity contribution in [2.75, 3.05) is 12.4 Å². The molecule has 0 heterocycles. The zero-order valence-corrected chi connectivity index (χ0v) is 16.2. The summed E-state index contributed by atoms with van der Waals surface area (Å²) >= 11 is 0. The van der Waals surface area contributed by atoms with Crippen molar-refractivity contribution in [1.29, 1.82) is 5.26 Å². The summed E-state index contributed by atoms with van der Waals surface area (Å²) in [7, 11) is 1.53. The molecule has 0 fully saturated rings. The van der Waals surface area contributed by atoms with E-state index in [0.717, 1.165) is 11.1 Å². The molecule has 0 radical (unpaired) electrons. The third-order valence-electron chi connectivity index (χ3n) is 4.40. The average molecular weight is 402 g/mol. The molecule has 1 amide bonds. The Kier molecular flexibility index (Phi) is 6.46. The standard InChI is InChI=1S/C24H19FN2O3/c1-30-23-14-17(5-6-18(23)11-16-3-2-4-20(25)13-16)12-19(15-26)24(29)27-21-7-9-22(28)10-8-21/h2-10,12-14,28H,11H2,1H3,(H,27,29)/b19-12+. The fourth-order valence-corrected chi connectivity index (χ4v) is 2.92. The molecule has 0 saturated heterocycles. The van der Waals surface area contributed by atoms with Crippen LogP contribution in [0.25, 0.3) is 6.08 Å². The molecule has 0 saturated carbocycles. The molecule has 6 heteroatoms. The molecule has 3 rings (SSSR count). The van der Waals surface area contributed by atoms with Gasteiger partial charge in [-0.3, -0.25) is 4.79 Å². The van der Waals surface area contributed by atoms with Gasteiger partial charge in [-0.25, -0.2) is 4.39 Å². The highest BCUT2D eigenvalue weighted by Crippen LogP contribution is 2.25. The van der Waals surface area contributed by atoms with E-state index in [2.05, 4.69) is 5.32 Å². The topological polar surface area (TPSA) is 82.3 Å². The highest BCUT2D eigenvalue weighted by atomic mass is 19.1. The lowest BCUT2D eigenvalue weighted by atomic mass is 10.0. The van der Waals surface area contributed by atoms with Crippen LogP contribution < -0.4 is 10.1 Å². The maximum Gasteiger partial charge on any atom is 0.266 e. The van der Waals surface area contributed by atoms with E-state index in [-0.39, 0.29) is 17.1 Å². The molecule has 0 aliphatic heterocycles. The summed E-state index contributed by atoms with van der Waals surface area (Å²) in [6.45, 7) is 0. The number of halogens is 1. The third kappa shape index (κ3) is 5.24. The number of nitrogens with one attached hydrogen (secondary N) is 1. The van der Waals surface area contributed by atoms with E-state index in [1.807, 2.05) is 18.2 Å². The van der Waals surface area contributed by atoms with Crippen molar-refractivity contribution < 1.29 is 19.0 Å². The zero-order valence-electron chi connectivity index (χ0n) is 16.2. The highest BCUT2D eigenvalue weighted by Gasteiger charge is 2.11. The second-order valence-electron chi connectivity index (χ2n) is 6.55. The van der Waals surface area contributed by atoms with Crippen molar-refractivity contribution in [2.45, 2.75) is 6.42 Å². The molecule has 0 bridgehead atoms. The summed E-state index contributed by atoms with van der Waals surface area (Å²) in [6.07, 6.45) is 1.95. The number of hydrogen-bond donors (Lipinski definition) is 2. The first-order valence-electron chi connectivity index (χ1n) is 9.12. The number of carbonyl (C=O) groups excluding carboxylic acids is 1. The summed E-state index contributed by atoms with van der Waals surface area (Å²) in [4.78, 5) is 12.4. The van der Waals surface area contributed by atoms with Crippen LogP contribution in [0, 0.1) is 17.1 Å². The van der Waals surface area contributed by atoms with Gasteiger partial charge in [0.2, 0.25) is 0 Å². The molecule has 0 unspecified atom stereocenters. The van der Waals surface area contributed by atoms with Gasteiger partial charge in [-0.15, -0.1) is 0 Å². The smallest absolute Gasteiger partial charge is 0.266 e. The molecule has 0 spiro atoms. The number of nitrogens with zero attached hydrogens (tertiary/aromatic N) is 1. The summed E-state index contributed by atoms with van der Waals surface area (Å²) < 4.78 is 18.9. The van der Waals surface area contributed by atoms with Crippen LogP contribution in [-0.2, 0) is 11.2 Å². The Labute approximate surface area is 173 Å². The van der Waals surface area contributed by atoms with E-state index in [4.69, 9.17) is 4.74 Å². The average Bonchev–Trinajstić information content (AvgIpc) is 2.74. The van der Waals surface area contributed by atoms with Gasteiger partial charge in [-0.1, -0.05) is 24.3 Å². The molecule has 3 aromatic carbocycles. The Bertz CT molecular complexity index is 1130. The van der Waals surface area contributed by atoms with Crippen molar-refractivity contribution in [3.8, 4) is 17.6 Å². The van der Waals surface area contributed by atoms with Gasteiger partial charge in [0, 0.05) is 12.1 Å². The Balaban J connectivity index is 1.81. The number of methoxy groups -OCH3 is 1. The van der Waals surface area contributed by atoms with Crippen LogP contribution in [0.5, 0.6) is 11.5 Å². The van der Waals surface area contributed by atoms with E-state index in [1.54, 1.807) is 18.2 Å². The number of carbonyl (C=O) groups is 1. The van der Waals surface area contributed by atoms with E-state index in [1.165, 1.54) is 49.6 Å². The fraction of sp³-hybridized carbons (Fsp3) is 0.0833. The molecule has 3 aromatic rings. The maximum absolute atomic E-state index is 13.4. The number of aromatic hydroxyl groups is 1. The fourth-order valence-electron chi connectivity index (χ4n) is 2.92. The normalized spacial score (nSPS) is 10.9. The number of rotatable bonds is 6. The number of nitriles is 1. The number of anilines is 1. The van der Waals surface area contributed by atoms with Gasteiger partial charge < -0.3 is 15.2 Å². The van der Waals surface area contributed by atoms with Gasteiger partial charge in [-0.05, 0) is 65.2 Å². The number of amides is 1. The van der Waals surface area contributed by atoms with Crippen molar-refractivity contribution in [1.82, 2.24) is 0 Å². The highest BCUT2D eigenvalue weighted by molar-refractivity contribution is 6.09. The van der Waals surface area contributed by atoms with Crippen LogP contribution in [-0.4, -0.2) is 18.1 Å². The first-order chi connectivity index (χ1) is 14.5. The molecule has 5 nitrogen and oxygen atoms in total. The third-order valence-corrected chi connectivity index (χ3v) is 4.40. The van der Waals surface area contributed by atoms with Crippen molar-refractivity contribution in [3.05, 3.63) is 94.8 Å². The summed E-state index contributed by atoms with van der Waals surface area (Å²) in [5.74, 6) is -0.214. The molecule has 0 aliphatic carbocycles. The van der Waals surface area contributed by atoms with Crippen molar-refractivity contribution in [3.63, 3.8) is 0 Å². The van der Waals surface area contributed by atoms with Crippen molar-refractivity contribution in [2.24, 2.45) is 0 Å². The number of phenolic OH excluding ortho intramolecular Hbond substituents is 1. The van der Waals surface area contributed by atoms with E-state index < -0.39 is 5.91 Å². The van der Waals surface area contributed by atoms with E-state index in [0.29, 0.717) is 23.4 Å². The quantitative estimate of drug-likeness (QED) is 0.356. The summed E-state index contributed by atoms with van der Waals surface area (Å²) in [5.41, 5.74) is 2.66. The SMILES string of the molecule is COc1cc(/C=C(\C#N)C(=O)Nc2ccc(O)cc2)ccc1Cc1cccc(F)c1. The van der Waals surface area contributed by atoms with Crippen LogP contribution >= 0.6 is 0 Å². The second kappa shape index (κ2) is 9.39. The van der Waals surface area contributed by atoms with Gasteiger partial charge in [0.05, 0.1) is 7.11 Å². The van der Waals surface area contributed by atoms with Gasteiger partial charge >= 0.3 is 0 Å². The van der Waals surface area contributed by atoms with Crippen LogP contribution in [0.3, 0.4) is 0 Å². The van der Waals surface area contributed by atoms with Crippen LogP contribution in [0.4, 0.5) is 10.1 Å². The lowest BCUT2D eigenvalue weighted by molar-refractivity contribution is -0.112. The largest absolute Gasteiger partial charge is 0.508 e. The van der Waals surface area contributed by atoms with Gasteiger partial charge in [-0.2, -0.15) is 5.26 Å². The molecular weight excluding hydrogens is 383 g/mol. The van der Waals surface area contributed by atoms with Crippen molar-refractivity contribution >= 4 is 17.7 Å². The lowest BCUT2D eigenvalue weighted by Crippen LogP contribution is -2.13. The molecular formula is C24H19FN2O3. The minimum atomic E-state index is -0.564. The Morgan fingerprint density at radius 3 is 2.60 bits per heavy atom. The van der Waals surface area contributed by atoms with E-state index >= 15 is 0 Å². The molecule has 2 N–H and O–H groups in total. The number of ether oxygens (including phenoxy) is 1. The first-order valence-corrected chi connectivity index (χ1v) is 9.12. The monoisotopic (exact) mass is 402 g/mol. The summed E-state index contributed by atoms with van der Waals surface area (Å²) in [5, 5.41) is 21.3. The number of phenols is 1. The van der Waals surface area contributed by atoms with Crippen LogP contribution in [0.15, 0.2) is 72.3 Å². The van der Waals surface area contributed by atoms with Gasteiger partial charge in [0.25, 0.3) is 5.91 Å². The van der Waals surface area contributed by atoms with E-state index in [9.17, 15) is 19.6 Å². The minimum Gasteiger partial charge on any atom is -0.508 e. The zero-order chi connectivity index (χ0) is 21.5. The Morgan fingerprint density at radius 2 is 1.93 bits per heavy atom. The summed E-state index contributed by atoms with van der Waals surface area (Å²) in [6, 6.07) is 19.5. The molecule has 30 heavy (non-hydrogen) atoms. The van der Waals surface area contributed by atoms with Crippen LogP contribution in [0.1, 0.15) is 16.7 Å². The van der Waals surface area contributed by atoms with Crippen LogP contribution in [0.2, 0.25) is 0 Å². The van der Waals surface area contributed by atoms with Gasteiger partial charge in [0.1, 0.15) is 29.0 Å². The molecule has 0 aliphatic rings. The molecule has 150 valence electrons. The predicted octanol–water partition coefficient (Wildman–Crippen LogP) is 4.68. The maximum atomic E-state index is 13.4.